The van der Waals surface area contributed by atoms with Gasteiger partial charge in [-0.1, -0.05) is 42.0 Å². The molecule has 1 fully saturated rings. The van der Waals surface area contributed by atoms with Crippen molar-refractivity contribution < 1.29 is 0 Å². The number of hydrogen-bond donors (Lipinski definition) is 1. The lowest BCUT2D eigenvalue weighted by Gasteiger charge is -2.34. The van der Waals surface area contributed by atoms with Crippen LogP contribution in [0.2, 0.25) is 0 Å². The molecule has 1 N–H and O–H groups in total. The van der Waals surface area contributed by atoms with Crippen molar-refractivity contribution in [2.75, 3.05) is 18.4 Å². The molecular weight excluding hydrogens is 306 g/mol. The molecule has 0 amide bonds. The monoisotopic (exact) mass is 331 g/mol. The first-order chi connectivity index (χ1) is 12.3. The van der Waals surface area contributed by atoms with Crippen molar-refractivity contribution in [3.8, 4) is 0 Å². The number of fused-ring (bicyclic) bond motifs is 1. The molecule has 2 heterocycles. The third-order valence-electron chi connectivity index (χ3n) is 5.07. The van der Waals surface area contributed by atoms with Gasteiger partial charge in [0.2, 0.25) is 0 Å². The lowest BCUT2D eigenvalue weighted by Crippen LogP contribution is -2.41. The molecule has 1 atom stereocenters. The van der Waals surface area contributed by atoms with E-state index in [4.69, 9.17) is 0 Å². The Labute approximate surface area is 149 Å². The van der Waals surface area contributed by atoms with Gasteiger partial charge in [-0.15, -0.1) is 0 Å². The Balaban J connectivity index is 1.45. The second kappa shape index (κ2) is 7.24. The maximum absolute atomic E-state index is 4.23. The van der Waals surface area contributed by atoms with Crippen molar-refractivity contribution in [1.29, 1.82) is 0 Å². The average molecular weight is 331 g/mol. The molecule has 3 heteroatoms. The molecule has 0 radical (unpaired) electrons. The predicted molar refractivity (Wildman–Crippen MR) is 105 cm³/mol. The normalized spacial score (nSPS) is 18.4. The summed E-state index contributed by atoms with van der Waals surface area (Å²) in [5, 5.41) is 6.23. The van der Waals surface area contributed by atoms with E-state index in [0.29, 0.717) is 6.04 Å². The first-order valence-electron chi connectivity index (χ1n) is 9.15. The van der Waals surface area contributed by atoms with Crippen molar-refractivity contribution in [2.24, 2.45) is 0 Å². The largest absolute Gasteiger partial charge is 0.381 e. The quantitative estimate of drug-likeness (QED) is 0.756. The van der Waals surface area contributed by atoms with Gasteiger partial charge in [0.15, 0.2) is 0 Å². The molecule has 3 aromatic rings. The van der Waals surface area contributed by atoms with E-state index < -0.39 is 0 Å². The third-order valence-corrected chi connectivity index (χ3v) is 5.07. The molecule has 0 spiro atoms. The number of aryl methyl sites for hydroxylation is 1. The zero-order valence-corrected chi connectivity index (χ0v) is 14.8. The topological polar surface area (TPSA) is 28.2 Å². The summed E-state index contributed by atoms with van der Waals surface area (Å²) in [5.74, 6) is 0. The van der Waals surface area contributed by atoms with Gasteiger partial charge in [-0.05, 0) is 44.0 Å². The highest BCUT2D eigenvalue weighted by molar-refractivity contribution is 5.93. The fourth-order valence-corrected chi connectivity index (χ4v) is 3.74. The minimum Gasteiger partial charge on any atom is -0.381 e. The number of hydrogen-bond acceptors (Lipinski definition) is 3. The molecule has 2 aromatic carbocycles. The number of anilines is 1. The Hall–Kier alpha value is -2.39. The molecule has 1 aromatic heterocycles. The van der Waals surface area contributed by atoms with Gasteiger partial charge in [0, 0.05) is 48.0 Å². The van der Waals surface area contributed by atoms with E-state index in [9.17, 15) is 0 Å². The molecule has 0 bridgehead atoms. The molecule has 3 nitrogen and oxygen atoms in total. The van der Waals surface area contributed by atoms with Gasteiger partial charge in [-0.25, -0.2) is 0 Å². The number of benzene rings is 2. The van der Waals surface area contributed by atoms with E-state index in [2.05, 4.69) is 70.7 Å². The number of nitrogens with one attached hydrogen (secondary N) is 1. The standard InChI is InChI=1S/C22H25N3/c1-17-7-9-18(10-8-17)15-25-13-3-5-20(16-25)24-22-6-2-4-19-14-23-12-11-21(19)22/h2,4,6-12,14,20,24H,3,5,13,15-16H2,1H3/t20-/m0/s1. The molecule has 128 valence electrons. The lowest BCUT2D eigenvalue weighted by molar-refractivity contribution is 0.208. The van der Waals surface area contributed by atoms with Gasteiger partial charge < -0.3 is 5.32 Å². The molecule has 0 unspecified atom stereocenters. The summed E-state index contributed by atoms with van der Waals surface area (Å²) in [6.45, 7) is 5.46. The van der Waals surface area contributed by atoms with E-state index in [1.165, 1.54) is 47.0 Å². The Bertz CT molecular complexity index is 836. The maximum Gasteiger partial charge on any atom is 0.0423 e. The van der Waals surface area contributed by atoms with Gasteiger partial charge in [-0.3, -0.25) is 9.88 Å². The Morgan fingerprint density at radius 1 is 1.12 bits per heavy atom. The molecular formula is C22H25N3. The highest BCUT2D eigenvalue weighted by Gasteiger charge is 2.20. The number of rotatable bonds is 4. The van der Waals surface area contributed by atoms with Crippen LogP contribution in [-0.4, -0.2) is 29.0 Å². The van der Waals surface area contributed by atoms with Crippen LogP contribution in [0.25, 0.3) is 10.8 Å². The zero-order valence-electron chi connectivity index (χ0n) is 14.8. The molecule has 1 aliphatic rings. The molecule has 1 saturated heterocycles. The molecule has 1 aliphatic heterocycles. The highest BCUT2D eigenvalue weighted by atomic mass is 15.2. The van der Waals surface area contributed by atoms with Gasteiger partial charge in [0.25, 0.3) is 0 Å². The molecule has 4 rings (SSSR count). The third kappa shape index (κ3) is 3.83. The number of likely N-dealkylation sites (tertiary alicyclic amines) is 1. The van der Waals surface area contributed by atoms with E-state index >= 15 is 0 Å². The molecule has 25 heavy (non-hydrogen) atoms. The van der Waals surface area contributed by atoms with Crippen LogP contribution in [0.15, 0.2) is 60.9 Å². The summed E-state index contributed by atoms with van der Waals surface area (Å²) in [6, 6.07) is 17.9. The van der Waals surface area contributed by atoms with Crippen molar-refractivity contribution in [3.63, 3.8) is 0 Å². The summed E-state index contributed by atoms with van der Waals surface area (Å²) in [7, 11) is 0. The van der Waals surface area contributed by atoms with Crippen molar-refractivity contribution in [1.82, 2.24) is 9.88 Å². The van der Waals surface area contributed by atoms with E-state index in [0.717, 1.165) is 13.1 Å². The van der Waals surface area contributed by atoms with Crippen molar-refractivity contribution in [3.05, 3.63) is 72.1 Å². The predicted octanol–water partition coefficient (Wildman–Crippen LogP) is 4.62. The number of nitrogens with zero attached hydrogens (tertiary/aromatic N) is 2. The van der Waals surface area contributed by atoms with Gasteiger partial charge >= 0.3 is 0 Å². The van der Waals surface area contributed by atoms with Crippen LogP contribution >= 0.6 is 0 Å². The van der Waals surface area contributed by atoms with Crippen LogP contribution in [0, 0.1) is 6.92 Å². The minimum atomic E-state index is 0.498. The molecule has 0 aliphatic carbocycles. The maximum atomic E-state index is 4.23. The first-order valence-corrected chi connectivity index (χ1v) is 9.15. The van der Waals surface area contributed by atoms with E-state index in [1.54, 1.807) is 0 Å². The number of aromatic nitrogens is 1. The van der Waals surface area contributed by atoms with Crippen LogP contribution in [0.5, 0.6) is 0 Å². The Kier molecular flexibility index (Phi) is 4.66. The summed E-state index contributed by atoms with van der Waals surface area (Å²) in [6.07, 6.45) is 6.28. The summed E-state index contributed by atoms with van der Waals surface area (Å²) < 4.78 is 0. The first kappa shape index (κ1) is 16.1. The average Bonchev–Trinajstić information content (AvgIpc) is 2.64. The second-order valence-electron chi connectivity index (χ2n) is 7.11. The number of piperidine rings is 1. The van der Waals surface area contributed by atoms with Gasteiger partial charge in [0.1, 0.15) is 0 Å². The van der Waals surface area contributed by atoms with Crippen LogP contribution < -0.4 is 5.32 Å². The zero-order chi connectivity index (χ0) is 17.1. The number of pyridine rings is 1. The second-order valence-corrected chi connectivity index (χ2v) is 7.11. The van der Waals surface area contributed by atoms with Crippen LogP contribution in [-0.2, 0) is 6.54 Å². The van der Waals surface area contributed by atoms with E-state index in [-0.39, 0.29) is 0 Å². The summed E-state index contributed by atoms with van der Waals surface area (Å²) >= 11 is 0. The molecule has 0 saturated carbocycles. The summed E-state index contributed by atoms with van der Waals surface area (Å²) in [4.78, 5) is 6.80. The summed E-state index contributed by atoms with van der Waals surface area (Å²) in [5.41, 5.74) is 3.96. The van der Waals surface area contributed by atoms with Crippen molar-refractivity contribution in [2.45, 2.75) is 32.4 Å². The smallest absolute Gasteiger partial charge is 0.0423 e. The van der Waals surface area contributed by atoms with Crippen molar-refractivity contribution >= 4 is 16.5 Å². The fourth-order valence-electron chi connectivity index (χ4n) is 3.74. The Morgan fingerprint density at radius 3 is 2.88 bits per heavy atom. The highest BCUT2D eigenvalue weighted by Crippen LogP contribution is 2.25. The van der Waals surface area contributed by atoms with Crippen LogP contribution in [0.3, 0.4) is 0 Å². The van der Waals surface area contributed by atoms with Gasteiger partial charge in [0.05, 0.1) is 0 Å². The Morgan fingerprint density at radius 2 is 2.00 bits per heavy atom. The SMILES string of the molecule is Cc1ccc(CN2CCC[C@H](Nc3cccc4cnccc34)C2)cc1. The minimum absolute atomic E-state index is 0.498. The fraction of sp³-hybridized carbons (Fsp3) is 0.318. The van der Waals surface area contributed by atoms with E-state index in [1.807, 2.05) is 12.4 Å². The van der Waals surface area contributed by atoms with Crippen LogP contribution in [0.1, 0.15) is 24.0 Å². The van der Waals surface area contributed by atoms with Crippen LogP contribution in [0.4, 0.5) is 5.69 Å². The lowest BCUT2D eigenvalue weighted by atomic mass is 10.0. The van der Waals surface area contributed by atoms with Gasteiger partial charge in [-0.2, -0.15) is 0 Å².